The maximum absolute atomic E-state index is 13.2. The van der Waals surface area contributed by atoms with Crippen molar-refractivity contribution in [2.24, 2.45) is 0 Å². The molecule has 5 nitrogen and oxygen atoms in total. The second-order valence-corrected chi connectivity index (χ2v) is 7.46. The Morgan fingerprint density at radius 3 is 2.59 bits per heavy atom. The summed E-state index contributed by atoms with van der Waals surface area (Å²) in [4.78, 5) is 27.5. The number of nitrogens with zero attached hydrogens (tertiary/aromatic N) is 2. The fourth-order valence-corrected chi connectivity index (χ4v) is 4.13. The highest BCUT2D eigenvalue weighted by atomic mass is 19.1. The molecule has 1 fully saturated rings. The van der Waals surface area contributed by atoms with Gasteiger partial charge in [-0.25, -0.2) is 4.39 Å². The fourth-order valence-electron chi connectivity index (χ4n) is 4.13. The molecule has 2 heterocycles. The third kappa shape index (κ3) is 3.75. The summed E-state index contributed by atoms with van der Waals surface area (Å²) in [5.74, 6) is -0.548. The third-order valence-corrected chi connectivity index (χ3v) is 5.55. The number of nitrogens with one attached hydrogen (secondary N) is 1. The monoisotopic (exact) mass is 369 g/mol. The van der Waals surface area contributed by atoms with Gasteiger partial charge in [0.15, 0.2) is 6.04 Å². The molecule has 6 heteroatoms. The summed E-state index contributed by atoms with van der Waals surface area (Å²) in [6.45, 7) is 0.504. The van der Waals surface area contributed by atoms with Gasteiger partial charge in [-0.2, -0.15) is 0 Å². The molecule has 2 aliphatic rings. The molecule has 2 aromatic rings. The average molecular weight is 369 g/mol. The second kappa shape index (κ2) is 7.55. The van der Waals surface area contributed by atoms with Crippen LogP contribution in [0.25, 0.3) is 0 Å². The molecule has 1 atom stereocenters. The standard InChI is InChI=1S/C21H24FN3O2/c22-16-10-8-15(9-11-16)13-25-19(26)14-24-12-4-7-18(24)20(25)21(27)23-17-5-2-1-3-6-17/h4,7-12,17,20H,1-3,5-6,13-14H2,(H,23,27). The Bertz CT molecular complexity index is 824. The molecule has 4 rings (SSSR count). The van der Waals surface area contributed by atoms with Gasteiger partial charge < -0.3 is 14.8 Å². The molecule has 1 aliphatic heterocycles. The zero-order chi connectivity index (χ0) is 18.8. The maximum Gasteiger partial charge on any atom is 0.249 e. The molecule has 0 spiro atoms. The van der Waals surface area contributed by atoms with E-state index in [0.717, 1.165) is 36.9 Å². The highest BCUT2D eigenvalue weighted by Crippen LogP contribution is 2.29. The van der Waals surface area contributed by atoms with Crippen LogP contribution in [0.2, 0.25) is 0 Å². The van der Waals surface area contributed by atoms with Crippen LogP contribution in [0.15, 0.2) is 42.6 Å². The van der Waals surface area contributed by atoms with E-state index in [-0.39, 0.29) is 36.8 Å². The Labute approximate surface area is 158 Å². The number of benzene rings is 1. The first-order valence-corrected chi connectivity index (χ1v) is 9.61. The minimum Gasteiger partial charge on any atom is -0.351 e. The van der Waals surface area contributed by atoms with E-state index in [9.17, 15) is 14.0 Å². The average Bonchev–Trinajstić information content (AvgIpc) is 3.12. The van der Waals surface area contributed by atoms with Crippen molar-refractivity contribution in [1.82, 2.24) is 14.8 Å². The lowest BCUT2D eigenvalue weighted by atomic mass is 9.95. The first-order valence-electron chi connectivity index (χ1n) is 9.61. The van der Waals surface area contributed by atoms with E-state index in [1.165, 1.54) is 18.6 Å². The minimum absolute atomic E-state index is 0.105. The first kappa shape index (κ1) is 17.8. The number of carbonyl (C=O) groups excluding carboxylic acids is 2. The van der Waals surface area contributed by atoms with Crippen molar-refractivity contribution in [3.8, 4) is 0 Å². The van der Waals surface area contributed by atoms with Crippen molar-refractivity contribution in [3.05, 3.63) is 59.7 Å². The normalized spacial score (nSPS) is 20.4. The van der Waals surface area contributed by atoms with E-state index in [1.807, 2.05) is 22.9 Å². The fraction of sp³-hybridized carbons (Fsp3) is 0.429. The van der Waals surface area contributed by atoms with Crippen molar-refractivity contribution in [3.63, 3.8) is 0 Å². The van der Waals surface area contributed by atoms with Crippen molar-refractivity contribution in [2.75, 3.05) is 0 Å². The molecule has 142 valence electrons. The van der Waals surface area contributed by atoms with Gasteiger partial charge in [0, 0.05) is 18.8 Å². The van der Waals surface area contributed by atoms with Crippen LogP contribution in [0.4, 0.5) is 4.39 Å². The zero-order valence-corrected chi connectivity index (χ0v) is 15.2. The summed E-state index contributed by atoms with van der Waals surface area (Å²) in [5, 5.41) is 3.16. The molecule has 0 bridgehead atoms. The van der Waals surface area contributed by atoms with Crippen LogP contribution in [0, 0.1) is 5.82 Å². The minimum atomic E-state index is -0.659. The number of hydrogen-bond acceptors (Lipinski definition) is 2. The van der Waals surface area contributed by atoms with Gasteiger partial charge in [-0.1, -0.05) is 31.4 Å². The van der Waals surface area contributed by atoms with Crippen LogP contribution >= 0.6 is 0 Å². The summed E-state index contributed by atoms with van der Waals surface area (Å²) < 4.78 is 15.1. The van der Waals surface area contributed by atoms with E-state index in [0.29, 0.717) is 0 Å². The van der Waals surface area contributed by atoms with Gasteiger partial charge in [-0.15, -0.1) is 0 Å². The summed E-state index contributed by atoms with van der Waals surface area (Å²) in [6.07, 6.45) is 7.29. The Hall–Kier alpha value is -2.63. The second-order valence-electron chi connectivity index (χ2n) is 7.46. The van der Waals surface area contributed by atoms with Gasteiger partial charge in [-0.05, 0) is 42.7 Å². The molecule has 1 aromatic heterocycles. The van der Waals surface area contributed by atoms with E-state index >= 15 is 0 Å². The molecule has 0 radical (unpaired) electrons. The molecule has 1 aliphatic carbocycles. The Morgan fingerprint density at radius 2 is 1.85 bits per heavy atom. The largest absolute Gasteiger partial charge is 0.351 e. The molecular formula is C21H24FN3O2. The van der Waals surface area contributed by atoms with Gasteiger partial charge in [0.05, 0.1) is 5.69 Å². The van der Waals surface area contributed by atoms with Crippen molar-refractivity contribution >= 4 is 11.8 Å². The predicted molar refractivity (Wildman–Crippen MR) is 99.1 cm³/mol. The topological polar surface area (TPSA) is 54.3 Å². The van der Waals surface area contributed by atoms with Crippen LogP contribution in [-0.2, 0) is 22.7 Å². The Morgan fingerprint density at radius 1 is 1.11 bits per heavy atom. The Balaban J connectivity index is 1.59. The van der Waals surface area contributed by atoms with Gasteiger partial charge in [0.2, 0.25) is 11.8 Å². The molecule has 2 amide bonds. The van der Waals surface area contributed by atoms with Crippen LogP contribution in [0.1, 0.15) is 49.4 Å². The molecule has 27 heavy (non-hydrogen) atoms. The van der Waals surface area contributed by atoms with Crippen molar-refractivity contribution in [2.45, 2.75) is 57.3 Å². The first-order chi connectivity index (χ1) is 13.1. The van der Waals surface area contributed by atoms with Crippen LogP contribution < -0.4 is 5.32 Å². The zero-order valence-electron chi connectivity index (χ0n) is 15.2. The predicted octanol–water partition coefficient (Wildman–Crippen LogP) is 3.16. The molecule has 1 N–H and O–H groups in total. The van der Waals surface area contributed by atoms with E-state index in [1.54, 1.807) is 17.0 Å². The maximum atomic E-state index is 13.2. The van der Waals surface area contributed by atoms with Crippen molar-refractivity contribution < 1.29 is 14.0 Å². The van der Waals surface area contributed by atoms with Gasteiger partial charge in [-0.3, -0.25) is 9.59 Å². The SMILES string of the molecule is O=C(NC1CCCCC1)C1c2cccn2CC(=O)N1Cc1ccc(F)cc1. The molecule has 1 saturated carbocycles. The van der Waals surface area contributed by atoms with Crippen molar-refractivity contribution in [1.29, 1.82) is 0 Å². The quantitative estimate of drug-likeness (QED) is 0.900. The lowest BCUT2D eigenvalue weighted by Crippen LogP contribution is -2.50. The molecule has 1 aromatic carbocycles. The summed E-state index contributed by atoms with van der Waals surface area (Å²) in [6, 6.07) is 9.36. The molecule has 0 saturated heterocycles. The van der Waals surface area contributed by atoms with Gasteiger partial charge in [0.1, 0.15) is 12.4 Å². The van der Waals surface area contributed by atoms with Crippen LogP contribution in [0.3, 0.4) is 0 Å². The summed E-state index contributed by atoms with van der Waals surface area (Å²) in [5.41, 5.74) is 1.63. The van der Waals surface area contributed by atoms with E-state index in [2.05, 4.69) is 5.32 Å². The number of rotatable bonds is 4. The smallest absolute Gasteiger partial charge is 0.249 e. The molecular weight excluding hydrogens is 345 g/mol. The number of aromatic nitrogens is 1. The van der Waals surface area contributed by atoms with E-state index < -0.39 is 6.04 Å². The number of fused-ring (bicyclic) bond motifs is 1. The number of hydrogen-bond donors (Lipinski definition) is 1. The highest BCUT2D eigenvalue weighted by molar-refractivity contribution is 5.90. The van der Waals surface area contributed by atoms with E-state index in [4.69, 9.17) is 0 Å². The lowest BCUT2D eigenvalue weighted by Gasteiger charge is -2.37. The van der Waals surface area contributed by atoms with Gasteiger partial charge >= 0.3 is 0 Å². The number of halogens is 1. The lowest BCUT2D eigenvalue weighted by molar-refractivity contribution is -0.144. The molecule has 1 unspecified atom stereocenters. The van der Waals surface area contributed by atoms with Gasteiger partial charge in [0.25, 0.3) is 0 Å². The third-order valence-electron chi connectivity index (χ3n) is 5.55. The van der Waals surface area contributed by atoms with Crippen LogP contribution in [0.5, 0.6) is 0 Å². The number of amides is 2. The summed E-state index contributed by atoms with van der Waals surface area (Å²) in [7, 11) is 0. The Kier molecular flexibility index (Phi) is 4.97. The van der Waals surface area contributed by atoms with Crippen LogP contribution in [-0.4, -0.2) is 27.3 Å². The summed E-state index contributed by atoms with van der Waals surface area (Å²) >= 11 is 0. The number of carbonyl (C=O) groups is 2. The highest BCUT2D eigenvalue weighted by Gasteiger charge is 2.38.